The molecule has 1 aromatic rings. The molecule has 2 atom stereocenters. The third kappa shape index (κ3) is 4.85. The number of likely N-dealkylation sites (N-methyl/N-ethyl adjacent to an activating group) is 1. The van der Waals surface area contributed by atoms with Crippen molar-refractivity contribution in [3.05, 3.63) is 35.9 Å². The lowest BCUT2D eigenvalue weighted by Gasteiger charge is -2.21. The number of aliphatic hydroxyl groups is 1. The van der Waals surface area contributed by atoms with Crippen molar-refractivity contribution >= 4 is 5.91 Å². The molecule has 1 rings (SSSR count). The minimum absolute atomic E-state index is 0.0125. The summed E-state index contributed by atoms with van der Waals surface area (Å²) in [7, 11) is 0. The number of nitrogens with one attached hydrogen (secondary N) is 2. The Morgan fingerprint density at radius 3 is 2.56 bits per heavy atom. The Bertz CT molecular complexity index is 354. The average Bonchev–Trinajstić information content (AvgIpc) is 2.39. The third-order valence-electron chi connectivity index (χ3n) is 2.78. The highest BCUT2D eigenvalue weighted by molar-refractivity contribution is 5.81. The number of amides is 1. The fourth-order valence-electron chi connectivity index (χ4n) is 1.83. The van der Waals surface area contributed by atoms with Crippen LogP contribution < -0.4 is 10.6 Å². The third-order valence-corrected chi connectivity index (χ3v) is 2.78. The van der Waals surface area contributed by atoms with Crippen molar-refractivity contribution in [1.29, 1.82) is 0 Å². The first-order chi connectivity index (χ1) is 8.67. The summed E-state index contributed by atoms with van der Waals surface area (Å²) in [6.45, 7) is 4.32. The minimum Gasteiger partial charge on any atom is -0.395 e. The molecular weight excluding hydrogens is 228 g/mol. The molecular formula is C14H22N2O2. The quantitative estimate of drug-likeness (QED) is 0.668. The topological polar surface area (TPSA) is 61.4 Å². The van der Waals surface area contributed by atoms with Crippen LogP contribution in [0.4, 0.5) is 0 Å². The summed E-state index contributed by atoms with van der Waals surface area (Å²) in [6, 6.07) is 9.52. The molecule has 0 saturated heterocycles. The number of benzene rings is 1. The molecule has 0 spiro atoms. The maximum Gasteiger partial charge on any atom is 0.236 e. The highest BCUT2D eigenvalue weighted by Gasteiger charge is 2.16. The lowest BCUT2D eigenvalue weighted by Crippen LogP contribution is -2.48. The molecule has 0 heterocycles. The van der Waals surface area contributed by atoms with Gasteiger partial charge in [0, 0.05) is 12.6 Å². The molecule has 0 aliphatic rings. The Labute approximate surface area is 108 Å². The fourth-order valence-corrected chi connectivity index (χ4v) is 1.83. The van der Waals surface area contributed by atoms with Gasteiger partial charge in [-0.2, -0.15) is 0 Å². The van der Waals surface area contributed by atoms with Gasteiger partial charge in [0.05, 0.1) is 12.6 Å². The number of rotatable bonds is 7. The van der Waals surface area contributed by atoms with Gasteiger partial charge in [0.1, 0.15) is 0 Å². The standard InChI is InChI=1S/C14H22N2O2/c1-3-15-14(18)11(2)16-13(10-17)9-12-7-5-4-6-8-12/h4-8,11,13,16-17H,3,9-10H2,1-2H3,(H,15,18). The van der Waals surface area contributed by atoms with Crippen molar-refractivity contribution in [3.63, 3.8) is 0 Å². The number of hydrogen-bond acceptors (Lipinski definition) is 3. The first-order valence-electron chi connectivity index (χ1n) is 6.36. The zero-order valence-electron chi connectivity index (χ0n) is 11.0. The van der Waals surface area contributed by atoms with Crippen molar-refractivity contribution < 1.29 is 9.90 Å². The Morgan fingerprint density at radius 1 is 1.33 bits per heavy atom. The molecule has 2 unspecified atom stereocenters. The van der Waals surface area contributed by atoms with Crippen LogP contribution in [0.5, 0.6) is 0 Å². The maximum absolute atomic E-state index is 11.6. The molecule has 0 bridgehead atoms. The Kier molecular flexibility index (Phi) is 6.39. The van der Waals surface area contributed by atoms with Crippen molar-refractivity contribution in [2.75, 3.05) is 13.2 Å². The highest BCUT2D eigenvalue weighted by Crippen LogP contribution is 2.03. The van der Waals surface area contributed by atoms with Gasteiger partial charge >= 0.3 is 0 Å². The van der Waals surface area contributed by atoms with Crippen LogP contribution in [-0.4, -0.2) is 36.2 Å². The molecule has 1 amide bonds. The van der Waals surface area contributed by atoms with E-state index < -0.39 is 0 Å². The van der Waals surface area contributed by atoms with E-state index in [-0.39, 0.29) is 24.6 Å². The fraction of sp³-hybridized carbons (Fsp3) is 0.500. The Morgan fingerprint density at radius 2 is 2.00 bits per heavy atom. The van der Waals surface area contributed by atoms with Gasteiger partial charge < -0.3 is 15.7 Å². The molecule has 18 heavy (non-hydrogen) atoms. The lowest BCUT2D eigenvalue weighted by atomic mass is 10.1. The number of carbonyl (C=O) groups excluding carboxylic acids is 1. The van der Waals surface area contributed by atoms with E-state index in [9.17, 15) is 9.90 Å². The molecule has 3 N–H and O–H groups in total. The van der Waals surface area contributed by atoms with E-state index in [0.717, 1.165) is 5.56 Å². The van der Waals surface area contributed by atoms with Crippen LogP contribution in [0.15, 0.2) is 30.3 Å². The summed E-state index contributed by atoms with van der Waals surface area (Å²) in [5.41, 5.74) is 1.15. The maximum atomic E-state index is 11.6. The normalized spacial score (nSPS) is 13.9. The number of carbonyl (C=O) groups is 1. The second kappa shape index (κ2) is 7.84. The zero-order valence-corrected chi connectivity index (χ0v) is 11.0. The molecule has 4 heteroatoms. The molecule has 100 valence electrons. The Balaban J connectivity index is 2.49. The average molecular weight is 250 g/mol. The molecule has 0 aromatic heterocycles. The van der Waals surface area contributed by atoms with Gasteiger partial charge in [-0.15, -0.1) is 0 Å². The molecule has 0 radical (unpaired) electrons. The van der Waals surface area contributed by atoms with E-state index >= 15 is 0 Å². The first-order valence-corrected chi connectivity index (χ1v) is 6.36. The lowest BCUT2D eigenvalue weighted by molar-refractivity contribution is -0.122. The van der Waals surface area contributed by atoms with Gasteiger partial charge in [0.25, 0.3) is 0 Å². The molecule has 0 fully saturated rings. The SMILES string of the molecule is CCNC(=O)C(C)NC(CO)Cc1ccccc1. The van der Waals surface area contributed by atoms with Gasteiger partial charge in [-0.3, -0.25) is 4.79 Å². The van der Waals surface area contributed by atoms with Gasteiger partial charge in [-0.05, 0) is 25.8 Å². The van der Waals surface area contributed by atoms with Crippen LogP contribution in [0.1, 0.15) is 19.4 Å². The van der Waals surface area contributed by atoms with Crippen LogP contribution in [-0.2, 0) is 11.2 Å². The number of hydrogen-bond donors (Lipinski definition) is 3. The first kappa shape index (κ1) is 14.7. The van der Waals surface area contributed by atoms with E-state index in [2.05, 4.69) is 10.6 Å². The van der Waals surface area contributed by atoms with Crippen molar-refractivity contribution in [3.8, 4) is 0 Å². The van der Waals surface area contributed by atoms with Crippen LogP contribution in [0, 0.1) is 0 Å². The molecule has 1 aromatic carbocycles. The van der Waals surface area contributed by atoms with Gasteiger partial charge in [-0.25, -0.2) is 0 Å². The van der Waals surface area contributed by atoms with Crippen LogP contribution in [0.2, 0.25) is 0 Å². The Hall–Kier alpha value is -1.39. The number of aliphatic hydroxyl groups excluding tert-OH is 1. The molecule has 4 nitrogen and oxygen atoms in total. The van der Waals surface area contributed by atoms with Gasteiger partial charge in [0.15, 0.2) is 0 Å². The second-order valence-corrected chi connectivity index (χ2v) is 4.35. The summed E-state index contributed by atoms with van der Waals surface area (Å²) >= 11 is 0. The van der Waals surface area contributed by atoms with E-state index in [0.29, 0.717) is 13.0 Å². The summed E-state index contributed by atoms with van der Waals surface area (Å²) in [5.74, 6) is -0.0380. The summed E-state index contributed by atoms with van der Waals surface area (Å²) in [6.07, 6.45) is 0.709. The largest absolute Gasteiger partial charge is 0.395 e. The van der Waals surface area contributed by atoms with Crippen LogP contribution in [0.25, 0.3) is 0 Å². The monoisotopic (exact) mass is 250 g/mol. The summed E-state index contributed by atoms with van der Waals surface area (Å²) in [5, 5.41) is 15.2. The predicted octanol–water partition coefficient (Wildman–Crippen LogP) is 0.704. The minimum atomic E-state index is -0.300. The van der Waals surface area contributed by atoms with Crippen LogP contribution in [0.3, 0.4) is 0 Å². The smallest absolute Gasteiger partial charge is 0.236 e. The zero-order chi connectivity index (χ0) is 13.4. The summed E-state index contributed by atoms with van der Waals surface area (Å²) < 4.78 is 0. The van der Waals surface area contributed by atoms with Crippen molar-refractivity contribution in [2.24, 2.45) is 0 Å². The van der Waals surface area contributed by atoms with Crippen molar-refractivity contribution in [1.82, 2.24) is 10.6 Å². The van der Waals surface area contributed by atoms with E-state index in [4.69, 9.17) is 0 Å². The molecule has 0 aliphatic carbocycles. The highest BCUT2D eigenvalue weighted by atomic mass is 16.3. The summed E-state index contributed by atoms with van der Waals surface area (Å²) in [4.78, 5) is 11.6. The second-order valence-electron chi connectivity index (χ2n) is 4.35. The predicted molar refractivity (Wildman–Crippen MR) is 72.3 cm³/mol. The van der Waals surface area contributed by atoms with Gasteiger partial charge in [0.2, 0.25) is 5.91 Å². The van der Waals surface area contributed by atoms with Crippen LogP contribution >= 0.6 is 0 Å². The van der Waals surface area contributed by atoms with Gasteiger partial charge in [-0.1, -0.05) is 30.3 Å². The van der Waals surface area contributed by atoms with E-state index in [1.54, 1.807) is 6.92 Å². The van der Waals surface area contributed by atoms with Crippen molar-refractivity contribution in [2.45, 2.75) is 32.4 Å². The molecule has 0 saturated carbocycles. The molecule has 0 aliphatic heterocycles. The van der Waals surface area contributed by atoms with E-state index in [1.165, 1.54) is 0 Å². The van der Waals surface area contributed by atoms with E-state index in [1.807, 2.05) is 37.3 Å².